The third-order valence-corrected chi connectivity index (χ3v) is 2.36. The Morgan fingerprint density at radius 3 is 3.00 bits per heavy atom. The second kappa shape index (κ2) is 4.96. The van der Waals surface area contributed by atoms with Gasteiger partial charge in [0.05, 0.1) is 12.4 Å². The number of aliphatic hydroxyl groups is 1. The molecule has 0 saturated carbocycles. The van der Waals surface area contributed by atoms with Crippen LogP contribution in [-0.4, -0.2) is 44.7 Å². The zero-order valence-electron chi connectivity index (χ0n) is 9.86. The Kier molecular flexibility index (Phi) is 3.38. The maximum atomic E-state index is 9.20. The van der Waals surface area contributed by atoms with Crippen molar-refractivity contribution in [1.29, 1.82) is 0 Å². The molecule has 4 N–H and O–H groups in total. The maximum Gasteiger partial charge on any atom is 0.226 e. The van der Waals surface area contributed by atoms with Crippen molar-refractivity contribution in [2.24, 2.45) is 0 Å². The minimum absolute atomic E-state index is 0.328. The topological polar surface area (TPSA) is 98.8 Å². The Balaban J connectivity index is 2.21. The predicted octanol–water partition coefficient (Wildman–Crippen LogP) is 0.577. The summed E-state index contributed by atoms with van der Waals surface area (Å²) in [6.45, 7) is 2.40. The van der Waals surface area contributed by atoms with E-state index >= 15 is 0 Å². The number of hydrogen-bond donors (Lipinski definition) is 4. The number of rotatable bonds is 5. The molecule has 92 valence electrons. The van der Waals surface area contributed by atoms with Crippen molar-refractivity contribution in [2.45, 2.75) is 19.4 Å². The molecule has 0 radical (unpaired) electrons. The van der Waals surface area contributed by atoms with Crippen molar-refractivity contribution < 1.29 is 5.11 Å². The summed E-state index contributed by atoms with van der Waals surface area (Å²) in [7, 11) is 1.76. The summed E-state index contributed by atoms with van der Waals surface area (Å²) in [5.74, 6) is 1.21. The third-order valence-electron chi connectivity index (χ3n) is 2.36. The molecule has 0 aromatic carbocycles. The van der Waals surface area contributed by atoms with Gasteiger partial charge >= 0.3 is 0 Å². The quantitative estimate of drug-likeness (QED) is 0.606. The third kappa shape index (κ3) is 2.62. The summed E-state index contributed by atoms with van der Waals surface area (Å²) >= 11 is 0. The molecule has 0 spiro atoms. The zero-order valence-corrected chi connectivity index (χ0v) is 9.86. The first kappa shape index (κ1) is 11.6. The van der Waals surface area contributed by atoms with Crippen molar-refractivity contribution in [3.63, 3.8) is 0 Å². The van der Waals surface area contributed by atoms with Gasteiger partial charge in [0, 0.05) is 13.6 Å². The van der Waals surface area contributed by atoms with Gasteiger partial charge in [-0.05, 0) is 13.3 Å². The summed E-state index contributed by atoms with van der Waals surface area (Å²) < 4.78 is 0. The summed E-state index contributed by atoms with van der Waals surface area (Å²) in [6, 6.07) is 0. The van der Waals surface area contributed by atoms with Crippen molar-refractivity contribution in [2.75, 3.05) is 24.2 Å². The highest BCUT2D eigenvalue weighted by Crippen LogP contribution is 2.18. The molecule has 2 rings (SSSR count). The monoisotopic (exact) mass is 236 g/mol. The van der Waals surface area contributed by atoms with Gasteiger partial charge in [0.1, 0.15) is 5.52 Å². The lowest BCUT2D eigenvalue weighted by Crippen LogP contribution is -2.11. The van der Waals surface area contributed by atoms with E-state index in [2.05, 4.69) is 30.6 Å². The van der Waals surface area contributed by atoms with Crippen LogP contribution in [0.2, 0.25) is 0 Å². The van der Waals surface area contributed by atoms with Crippen LogP contribution in [-0.2, 0) is 0 Å². The van der Waals surface area contributed by atoms with Crippen molar-refractivity contribution in [3.05, 3.63) is 6.33 Å². The fourth-order valence-corrected chi connectivity index (χ4v) is 1.47. The van der Waals surface area contributed by atoms with Gasteiger partial charge in [-0.2, -0.15) is 9.97 Å². The zero-order chi connectivity index (χ0) is 12.3. The first-order valence-corrected chi connectivity index (χ1v) is 5.51. The first-order chi connectivity index (χ1) is 8.20. The minimum Gasteiger partial charge on any atom is -0.393 e. The van der Waals surface area contributed by atoms with Gasteiger partial charge in [-0.15, -0.1) is 0 Å². The number of H-pyrrole nitrogens is 1. The molecular weight excluding hydrogens is 220 g/mol. The van der Waals surface area contributed by atoms with Crippen LogP contribution in [0, 0.1) is 0 Å². The lowest BCUT2D eigenvalue weighted by molar-refractivity contribution is 0.188. The highest BCUT2D eigenvalue weighted by Gasteiger charge is 2.08. The molecule has 0 fully saturated rings. The number of aromatic nitrogens is 4. The molecule has 2 aromatic rings. The van der Waals surface area contributed by atoms with Gasteiger partial charge < -0.3 is 20.7 Å². The number of fused-ring (bicyclic) bond motifs is 1. The number of hydrogen-bond acceptors (Lipinski definition) is 6. The lowest BCUT2D eigenvalue weighted by Gasteiger charge is -2.08. The van der Waals surface area contributed by atoms with Crippen LogP contribution in [0.4, 0.5) is 11.8 Å². The van der Waals surface area contributed by atoms with Crippen LogP contribution >= 0.6 is 0 Å². The van der Waals surface area contributed by atoms with E-state index in [1.165, 1.54) is 0 Å². The molecule has 7 heteroatoms. The fourth-order valence-electron chi connectivity index (χ4n) is 1.47. The molecule has 2 aromatic heterocycles. The van der Waals surface area contributed by atoms with E-state index < -0.39 is 0 Å². The molecule has 17 heavy (non-hydrogen) atoms. The number of imidazole rings is 1. The molecular formula is C10H16N6O. The second-order valence-corrected chi connectivity index (χ2v) is 3.81. The van der Waals surface area contributed by atoms with Gasteiger partial charge in [-0.3, -0.25) is 0 Å². The van der Waals surface area contributed by atoms with Crippen LogP contribution in [0.15, 0.2) is 6.33 Å². The maximum absolute atomic E-state index is 9.20. The van der Waals surface area contributed by atoms with Gasteiger partial charge in [-0.25, -0.2) is 4.98 Å². The molecule has 2 heterocycles. The SMILES string of the molecule is CNc1nc(NCCC(C)O)c2[nH]cnc2n1. The summed E-state index contributed by atoms with van der Waals surface area (Å²) in [4.78, 5) is 15.6. The Morgan fingerprint density at radius 2 is 2.29 bits per heavy atom. The number of nitrogens with zero attached hydrogens (tertiary/aromatic N) is 3. The predicted molar refractivity (Wildman–Crippen MR) is 66.0 cm³/mol. The number of aromatic amines is 1. The Morgan fingerprint density at radius 1 is 1.47 bits per heavy atom. The fraction of sp³-hybridized carbons (Fsp3) is 0.500. The molecule has 1 atom stereocenters. The van der Waals surface area contributed by atoms with E-state index in [4.69, 9.17) is 0 Å². The lowest BCUT2D eigenvalue weighted by atomic mass is 10.3. The Bertz CT molecular complexity index is 495. The molecule has 7 nitrogen and oxygen atoms in total. The number of anilines is 2. The van der Waals surface area contributed by atoms with Crippen LogP contribution in [0.1, 0.15) is 13.3 Å². The molecule has 0 amide bonds. The summed E-state index contributed by atoms with van der Waals surface area (Å²) in [5.41, 5.74) is 1.39. The van der Waals surface area contributed by atoms with Crippen LogP contribution in [0.5, 0.6) is 0 Å². The van der Waals surface area contributed by atoms with E-state index in [1.54, 1.807) is 20.3 Å². The number of aliphatic hydroxyl groups excluding tert-OH is 1. The van der Waals surface area contributed by atoms with Gasteiger partial charge in [0.2, 0.25) is 5.95 Å². The minimum atomic E-state index is -0.328. The normalized spacial score (nSPS) is 12.6. The average molecular weight is 236 g/mol. The standard InChI is InChI=1S/C10H16N6O/c1-6(17)3-4-12-8-7-9(14-5-13-7)16-10(11-2)15-8/h5-6,17H,3-4H2,1-2H3,(H3,11,12,13,14,15,16). The molecule has 0 saturated heterocycles. The highest BCUT2D eigenvalue weighted by atomic mass is 16.3. The van der Waals surface area contributed by atoms with E-state index in [9.17, 15) is 5.11 Å². The van der Waals surface area contributed by atoms with Gasteiger partial charge in [-0.1, -0.05) is 0 Å². The largest absolute Gasteiger partial charge is 0.393 e. The second-order valence-electron chi connectivity index (χ2n) is 3.81. The van der Waals surface area contributed by atoms with Crippen LogP contribution in [0.25, 0.3) is 11.2 Å². The molecule has 1 unspecified atom stereocenters. The average Bonchev–Trinajstić information content (AvgIpc) is 2.76. The number of nitrogens with one attached hydrogen (secondary N) is 3. The van der Waals surface area contributed by atoms with E-state index in [1.807, 2.05) is 0 Å². The Hall–Kier alpha value is -1.89. The molecule has 0 aliphatic carbocycles. The molecule has 0 aliphatic heterocycles. The van der Waals surface area contributed by atoms with Crippen molar-refractivity contribution >= 4 is 22.9 Å². The summed E-state index contributed by atoms with van der Waals surface area (Å²) in [5, 5.41) is 15.2. The Labute approximate surface area is 98.7 Å². The van der Waals surface area contributed by atoms with Crippen LogP contribution < -0.4 is 10.6 Å². The van der Waals surface area contributed by atoms with Crippen LogP contribution in [0.3, 0.4) is 0 Å². The van der Waals surface area contributed by atoms with E-state index in [-0.39, 0.29) is 6.10 Å². The molecule has 0 aliphatic rings. The van der Waals surface area contributed by atoms with Gasteiger partial charge in [0.25, 0.3) is 0 Å². The first-order valence-electron chi connectivity index (χ1n) is 5.51. The van der Waals surface area contributed by atoms with E-state index in [0.717, 1.165) is 5.52 Å². The van der Waals surface area contributed by atoms with Crippen molar-refractivity contribution in [3.8, 4) is 0 Å². The van der Waals surface area contributed by atoms with E-state index in [0.29, 0.717) is 30.4 Å². The molecule has 0 bridgehead atoms. The van der Waals surface area contributed by atoms with Crippen molar-refractivity contribution in [1.82, 2.24) is 19.9 Å². The van der Waals surface area contributed by atoms with Gasteiger partial charge in [0.15, 0.2) is 11.5 Å². The highest BCUT2D eigenvalue weighted by molar-refractivity contribution is 5.83. The smallest absolute Gasteiger partial charge is 0.226 e. The summed E-state index contributed by atoms with van der Waals surface area (Å²) in [6.07, 6.45) is 1.91.